The van der Waals surface area contributed by atoms with Crippen LogP contribution in [-0.2, 0) is 11.2 Å². The number of carbonyl (C=O) groups is 1. The Morgan fingerprint density at radius 2 is 1.97 bits per heavy atom. The van der Waals surface area contributed by atoms with Crippen LogP contribution in [0.2, 0.25) is 0 Å². The van der Waals surface area contributed by atoms with Crippen LogP contribution in [0.3, 0.4) is 0 Å². The number of hydrogen-bond acceptors (Lipinski definition) is 5. The van der Waals surface area contributed by atoms with Gasteiger partial charge in [-0.05, 0) is 36.6 Å². The lowest BCUT2D eigenvalue weighted by molar-refractivity contribution is -0.125. The fourth-order valence-corrected chi connectivity index (χ4v) is 3.02. The monoisotopic (exact) mass is 392 g/mol. The first-order valence-corrected chi connectivity index (χ1v) is 9.21. The van der Waals surface area contributed by atoms with Gasteiger partial charge in [-0.1, -0.05) is 26.0 Å². The van der Waals surface area contributed by atoms with Crippen molar-refractivity contribution in [2.45, 2.75) is 27.2 Å². The first-order valence-electron chi connectivity index (χ1n) is 9.21. The molecule has 0 aliphatic heterocycles. The third-order valence-electron chi connectivity index (χ3n) is 4.85. The molecule has 0 saturated heterocycles. The number of aromatic nitrogens is 3. The lowest BCUT2D eigenvalue weighted by Crippen LogP contribution is -2.33. The zero-order valence-corrected chi connectivity index (χ0v) is 16.9. The van der Waals surface area contributed by atoms with Gasteiger partial charge in [-0.3, -0.25) is 9.59 Å². The van der Waals surface area contributed by atoms with E-state index in [0.717, 1.165) is 16.7 Å². The smallest absolute Gasteiger partial charge is 0.251 e. The SMILES string of the molecule is COc1ccc(-c2cc(=O)[nH]c(-c3cc(CC(C)(C)C(N)=O)ccc3C)n2)cn1. The Balaban J connectivity index is 2.04. The average molecular weight is 392 g/mol. The highest BCUT2D eigenvalue weighted by molar-refractivity contribution is 5.80. The van der Waals surface area contributed by atoms with Gasteiger partial charge in [0.05, 0.1) is 12.8 Å². The Hall–Kier alpha value is -3.48. The number of amides is 1. The number of carbonyl (C=O) groups excluding carboxylic acids is 1. The summed E-state index contributed by atoms with van der Waals surface area (Å²) in [5.41, 5.74) is 8.49. The van der Waals surface area contributed by atoms with Gasteiger partial charge in [0, 0.05) is 34.9 Å². The summed E-state index contributed by atoms with van der Waals surface area (Å²) in [6, 6.07) is 10.8. The Morgan fingerprint density at radius 1 is 1.21 bits per heavy atom. The van der Waals surface area contributed by atoms with Crippen LogP contribution >= 0.6 is 0 Å². The number of aryl methyl sites for hydroxylation is 1. The van der Waals surface area contributed by atoms with Gasteiger partial charge in [-0.15, -0.1) is 0 Å². The van der Waals surface area contributed by atoms with Crippen molar-refractivity contribution in [3.63, 3.8) is 0 Å². The summed E-state index contributed by atoms with van der Waals surface area (Å²) < 4.78 is 5.07. The number of rotatable bonds is 6. The summed E-state index contributed by atoms with van der Waals surface area (Å²) in [7, 11) is 1.54. The molecule has 0 atom stereocenters. The number of ether oxygens (including phenoxy) is 1. The molecule has 0 unspecified atom stereocenters. The van der Waals surface area contributed by atoms with Crippen molar-refractivity contribution in [3.8, 4) is 28.5 Å². The predicted molar refractivity (Wildman–Crippen MR) is 111 cm³/mol. The molecule has 3 N–H and O–H groups in total. The van der Waals surface area contributed by atoms with Gasteiger partial charge in [0.1, 0.15) is 5.82 Å². The second kappa shape index (κ2) is 7.87. The first kappa shape index (κ1) is 20.3. The second-order valence-corrected chi connectivity index (χ2v) is 7.64. The molecule has 0 bridgehead atoms. The van der Waals surface area contributed by atoms with Gasteiger partial charge in [-0.25, -0.2) is 9.97 Å². The maximum Gasteiger partial charge on any atom is 0.251 e. The summed E-state index contributed by atoms with van der Waals surface area (Å²) >= 11 is 0. The van der Waals surface area contributed by atoms with Crippen LogP contribution < -0.4 is 16.0 Å². The van der Waals surface area contributed by atoms with E-state index in [0.29, 0.717) is 29.4 Å². The number of methoxy groups -OCH3 is 1. The van der Waals surface area contributed by atoms with E-state index in [-0.39, 0.29) is 11.5 Å². The molecule has 1 amide bonds. The molecular weight excluding hydrogens is 368 g/mol. The Morgan fingerprint density at radius 3 is 2.59 bits per heavy atom. The van der Waals surface area contributed by atoms with Crippen LogP contribution in [0.5, 0.6) is 5.88 Å². The summed E-state index contributed by atoms with van der Waals surface area (Å²) in [6.45, 7) is 5.57. The molecular formula is C22H24N4O3. The van der Waals surface area contributed by atoms with Crippen LogP contribution in [0.15, 0.2) is 47.4 Å². The molecule has 7 heteroatoms. The van der Waals surface area contributed by atoms with E-state index in [1.54, 1.807) is 25.4 Å². The minimum absolute atomic E-state index is 0.261. The molecule has 0 aliphatic rings. The Bertz CT molecular complexity index is 1100. The largest absolute Gasteiger partial charge is 0.481 e. The van der Waals surface area contributed by atoms with Crippen LogP contribution in [0, 0.1) is 12.3 Å². The second-order valence-electron chi connectivity index (χ2n) is 7.64. The zero-order chi connectivity index (χ0) is 21.2. The molecule has 2 aromatic heterocycles. The Kier molecular flexibility index (Phi) is 5.50. The molecule has 0 radical (unpaired) electrons. The molecule has 150 valence electrons. The van der Waals surface area contributed by atoms with Crippen LogP contribution in [-0.4, -0.2) is 28.0 Å². The number of aromatic amines is 1. The molecule has 0 spiro atoms. The van der Waals surface area contributed by atoms with Crippen LogP contribution in [0.4, 0.5) is 0 Å². The number of benzene rings is 1. The number of H-pyrrole nitrogens is 1. The number of nitrogens with one attached hydrogen (secondary N) is 1. The molecule has 29 heavy (non-hydrogen) atoms. The van der Waals surface area contributed by atoms with Gasteiger partial charge in [-0.2, -0.15) is 0 Å². The fourth-order valence-electron chi connectivity index (χ4n) is 3.02. The molecule has 0 fully saturated rings. The quantitative estimate of drug-likeness (QED) is 0.670. The molecule has 3 aromatic rings. The van der Waals surface area contributed by atoms with Gasteiger partial charge >= 0.3 is 0 Å². The van der Waals surface area contributed by atoms with Crippen molar-refractivity contribution in [2.24, 2.45) is 11.1 Å². The van der Waals surface area contributed by atoms with E-state index in [1.165, 1.54) is 6.07 Å². The van der Waals surface area contributed by atoms with E-state index in [1.807, 2.05) is 39.0 Å². The predicted octanol–water partition coefficient (Wildman–Crippen LogP) is 2.87. The Labute approximate surface area is 169 Å². The standard InChI is InChI=1S/C22H24N4O3/c1-13-5-6-14(11-22(2,3)21(23)28)9-16(13)20-25-17(10-18(27)26-20)15-7-8-19(29-4)24-12-15/h5-10,12H,11H2,1-4H3,(H2,23,28)(H,25,26,27). The maximum absolute atomic E-state index is 12.3. The molecule has 7 nitrogen and oxygen atoms in total. The minimum atomic E-state index is -0.677. The van der Waals surface area contributed by atoms with Crippen molar-refractivity contribution < 1.29 is 9.53 Å². The first-order chi connectivity index (χ1) is 13.7. The summed E-state index contributed by atoms with van der Waals surface area (Å²) in [4.78, 5) is 35.6. The van der Waals surface area contributed by atoms with Crippen LogP contribution in [0.25, 0.3) is 22.6 Å². The lowest BCUT2D eigenvalue weighted by Gasteiger charge is -2.21. The number of hydrogen-bond donors (Lipinski definition) is 2. The highest BCUT2D eigenvalue weighted by Crippen LogP contribution is 2.27. The van der Waals surface area contributed by atoms with E-state index >= 15 is 0 Å². The molecule has 0 aliphatic carbocycles. The van der Waals surface area contributed by atoms with Crippen molar-refractivity contribution in [2.75, 3.05) is 7.11 Å². The third-order valence-corrected chi connectivity index (χ3v) is 4.85. The van der Waals surface area contributed by atoms with E-state index in [9.17, 15) is 9.59 Å². The average Bonchev–Trinajstić information content (AvgIpc) is 2.68. The van der Waals surface area contributed by atoms with Crippen LogP contribution in [0.1, 0.15) is 25.0 Å². The molecule has 1 aromatic carbocycles. The maximum atomic E-state index is 12.3. The fraction of sp³-hybridized carbons (Fsp3) is 0.273. The van der Waals surface area contributed by atoms with Crippen molar-refractivity contribution in [1.82, 2.24) is 15.0 Å². The summed E-state index contributed by atoms with van der Waals surface area (Å²) in [6.07, 6.45) is 2.10. The van der Waals surface area contributed by atoms with Gasteiger partial charge < -0.3 is 15.5 Å². The highest BCUT2D eigenvalue weighted by Gasteiger charge is 2.25. The van der Waals surface area contributed by atoms with Gasteiger partial charge in [0.2, 0.25) is 11.8 Å². The third kappa shape index (κ3) is 4.51. The minimum Gasteiger partial charge on any atom is -0.481 e. The summed E-state index contributed by atoms with van der Waals surface area (Å²) in [5.74, 6) is 0.583. The number of nitrogens with two attached hydrogens (primary N) is 1. The number of pyridine rings is 1. The lowest BCUT2D eigenvalue weighted by atomic mass is 9.84. The van der Waals surface area contributed by atoms with E-state index in [4.69, 9.17) is 10.5 Å². The zero-order valence-electron chi connectivity index (χ0n) is 16.9. The van der Waals surface area contributed by atoms with Gasteiger partial charge in [0.25, 0.3) is 5.56 Å². The normalized spacial score (nSPS) is 11.3. The number of nitrogens with zero attached hydrogens (tertiary/aromatic N) is 2. The van der Waals surface area contributed by atoms with Crippen molar-refractivity contribution >= 4 is 5.91 Å². The summed E-state index contributed by atoms with van der Waals surface area (Å²) in [5, 5.41) is 0. The van der Waals surface area contributed by atoms with Crippen molar-refractivity contribution in [3.05, 3.63) is 64.1 Å². The van der Waals surface area contributed by atoms with E-state index < -0.39 is 5.41 Å². The topological polar surface area (TPSA) is 111 Å². The molecule has 0 saturated carbocycles. The molecule has 2 heterocycles. The molecule has 3 rings (SSSR count). The van der Waals surface area contributed by atoms with Crippen molar-refractivity contribution in [1.29, 1.82) is 0 Å². The number of primary amides is 1. The van der Waals surface area contributed by atoms with E-state index in [2.05, 4.69) is 15.0 Å². The van der Waals surface area contributed by atoms with Gasteiger partial charge in [0.15, 0.2) is 0 Å². The highest BCUT2D eigenvalue weighted by atomic mass is 16.5.